The van der Waals surface area contributed by atoms with E-state index in [1.807, 2.05) is 13.8 Å². The van der Waals surface area contributed by atoms with E-state index in [2.05, 4.69) is 69.2 Å². The molecule has 72 heavy (non-hydrogen) atoms. The quantitative estimate of drug-likeness (QED) is 0.137. The molecule has 8 aliphatic rings. The number of hydrogen-bond donors (Lipinski definition) is 0. The highest BCUT2D eigenvalue weighted by Gasteiger charge is 2.62. The molecule has 6 nitrogen and oxygen atoms in total. The van der Waals surface area contributed by atoms with Gasteiger partial charge in [0.25, 0.3) is 0 Å². The number of rotatable bonds is 18. The lowest BCUT2D eigenvalue weighted by Gasteiger charge is -2.61. The number of hydrogen-bond acceptors (Lipinski definition) is 6. The Morgan fingerprint density at radius 1 is 0.486 bits per heavy atom. The zero-order valence-electron chi connectivity index (χ0n) is 48.2. The summed E-state index contributed by atoms with van der Waals surface area (Å²) in [5, 5.41) is 0. The molecule has 0 saturated heterocycles. The van der Waals surface area contributed by atoms with Gasteiger partial charge in [-0.15, -0.1) is 0 Å². The number of fused-ring (bicyclic) bond motifs is 10. The summed E-state index contributed by atoms with van der Waals surface area (Å²) < 4.78 is 25.5. The summed E-state index contributed by atoms with van der Waals surface area (Å²) in [6, 6.07) is 3.56. The third kappa shape index (κ3) is 10.2. The van der Waals surface area contributed by atoms with Crippen molar-refractivity contribution >= 4 is 11.9 Å². The van der Waals surface area contributed by atoms with E-state index >= 15 is 0 Å². The molecule has 8 aliphatic carbocycles. The molecule has 6 heteroatoms. The first-order chi connectivity index (χ1) is 34.3. The molecule has 0 bridgehead atoms. The lowest BCUT2D eigenvalue weighted by atomic mass is 9.44. The van der Waals surface area contributed by atoms with Gasteiger partial charge in [0.05, 0.1) is 25.4 Å². The summed E-state index contributed by atoms with van der Waals surface area (Å²) in [4.78, 5) is 28.0. The Bertz CT molecular complexity index is 1880. The summed E-state index contributed by atoms with van der Waals surface area (Å²) in [6.07, 6.45) is 31.0. The van der Waals surface area contributed by atoms with Gasteiger partial charge in [-0.3, -0.25) is 0 Å². The minimum atomic E-state index is -0.416. The molecule has 0 N–H and O–H groups in total. The maximum absolute atomic E-state index is 14.0. The van der Waals surface area contributed by atoms with Crippen LogP contribution >= 0.6 is 0 Å². The van der Waals surface area contributed by atoms with Gasteiger partial charge < -0.3 is 18.9 Å². The Morgan fingerprint density at radius 2 is 0.861 bits per heavy atom. The smallest absolute Gasteiger partial charge is 0.342 e. The number of ether oxygens (including phenoxy) is 4. The van der Waals surface area contributed by atoms with Crippen molar-refractivity contribution in [3.8, 4) is 11.5 Å². The molecule has 406 valence electrons. The highest BCUT2D eigenvalue weighted by Crippen LogP contribution is 2.70. The van der Waals surface area contributed by atoms with Crippen molar-refractivity contribution in [2.45, 2.75) is 249 Å². The van der Waals surface area contributed by atoms with Crippen molar-refractivity contribution in [1.82, 2.24) is 0 Å². The van der Waals surface area contributed by atoms with Crippen LogP contribution in [0.4, 0.5) is 0 Å². The van der Waals surface area contributed by atoms with Crippen LogP contribution in [0.1, 0.15) is 258 Å². The number of esters is 2. The Kier molecular flexibility index (Phi) is 16.7. The van der Waals surface area contributed by atoms with Gasteiger partial charge >= 0.3 is 11.9 Å². The van der Waals surface area contributed by atoms with Crippen molar-refractivity contribution in [3.63, 3.8) is 0 Å². The van der Waals surface area contributed by atoms with Crippen LogP contribution in [0.3, 0.4) is 0 Å². The Morgan fingerprint density at radius 3 is 1.24 bits per heavy atom. The van der Waals surface area contributed by atoms with Crippen LogP contribution in [-0.4, -0.2) is 37.4 Å². The standard InChI is InChI=1S/C66H106O6/c1-13-69-61(67)51-39-60(72-48-30-34-64(10)46(38-48)22-24-50-56-28-26-54(44(8)20-16-18-42(5)6)66(56,12)36-32-58(50)64)52(62(68)70-14-2)40-59(51)71-47-29-33-63(9)45(37-47)21-23-49-55-27-25-53(43(7)19-15-17-41(3)4)65(55,11)35-31-57(49)63/h39-50,53-58H,13-38H2,1-12H3/t43-,44-,45?,46?,47?,48?,49?,50?,53-,54-,55?,56?,57?,58?,63+,64+,65-,66-/m1/s1. The Hall–Kier alpha value is -2.24. The zero-order valence-corrected chi connectivity index (χ0v) is 48.2. The van der Waals surface area contributed by atoms with Crippen molar-refractivity contribution in [3.05, 3.63) is 23.3 Å². The van der Waals surface area contributed by atoms with Crippen molar-refractivity contribution in [1.29, 1.82) is 0 Å². The molecule has 10 unspecified atom stereocenters. The molecule has 8 saturated carbocycles. The first kappa shape index (κ1) is 54.5. The van der Waals surface area contributed by atoms with E-state index in [0.717, 1.165) is 110 Å². The predicted octanol–water partition coefficient (Wildman–Crippen LogP) is 17.8. The Labute approximate surface area is 440 Å². The van der Waals surface area contributed by atoms with Crippen LogP contribution in [0, 0.1) is 105 Å². The SMILES string of the molecule is CCOC(=O)c1cc(OC2CC[C@@]3(C)C(CCC4C3CC[C@@]3(C)C4CC[C@@H]3[C@H](C)CCCC(C)C)C2)c(C(=O)OCC)cc1OC1CC[C@@]2(C)C(CCC3C2CC[C@@]2(C)C3CC[C@@H]2[C@H](C)CCCC(C)C)C1. The van der Waals surface area contributed by atoms with E-state index in [1.54, 1.807) is 12.1 Å². The van der Waals surface area contributed by atoms with Crippen LogP contribution in [0.2, 0.25) is 0 Å². The lowest BCUT2D eigenvalue weighted by molar-refractivity contribution is -0.127. The molecule has 18 atom stereocenters. The average molecular weight is 996 g/mol. The molecule has 9 rings (SSSR count). The molecule has 0 amide bonds. The molecule has 0 heterocycles. The normalized spacial score (nSPS) is 41.0. The van der Waals surface area contributed by atoms with Crippen LogP contribution in [0.15, 0.2) is 12.1 Å². The topological polar surface area (TPSA) is 71.1 Å². The predicted molar refractivity (Wildman–Crippen MR) is 293 cm³/mol. The van der Waals surface area contributed by atoms with E-state index in [-0.39, 0.29) is 25.4 Å². The first-order valence-corrected chi connectivity index (χ1v) is 31.2. The van der Waals surface area contributed by atoms with E-state index in [1.165, 1.54) is 116 Å². The van der Waals surface area contributed by atoms with Gasteiger partial charge in [-0.25, -0.2) is 9.59 Å². The molecule has 8 fully saturated rings. The van der Waals surface area contributed by atoms with E-state index < -0.39 is 11.9 Å². The fourth-order valence-corrected chi connectivity index (χ4v) is 20.6. The monoisotopic (exact) mass is 995 g/mol. The number of carbonyl (C=O) groups is 2. The van der Waals surface area contributed by atoms with E-state index in [4.69, 9.17) is 18.9 Å². The first-order valence-electron chi connectivity index (χ1n) is 31.2. The van der Waals surface area contributed by atoms with E-state index in [0.29, 0.717) is 56.1 Å². The van der Waals surface area contributed by atoms with Gasteiger partial charge in [0.1, 0.15) is 22.6 Å². The third-order valence-electron chi connectivity index (χ3n) is 24.3. The van der Waals surface area contributed by atoms with Gasteiger partial charge in [0.2, 0.25) is 0 Å². The van der Waals surface area contributed by atoms with Gasteiger partial charge in [-0.2, -0.15) is 0 Å². The summed E-state index contributed by atoms with van der Waals surface area (Å²) in [7, 11) is 0. The van der Waals surface area contributed by atoms with Gasteiger partial charge in [-0.1, -0.05) is 108 Å². The Balaban J connectivity index is 0.869. The number of benzene rings is 1. The molecule has 0 spiro atoms. The van der Waals surface area contributed by atoms with Crippen LogP contribution in [-0.2, 0) is 9.47 Å². The number of carbonyl (C=O) groups excluding carboxylic acids is 2. The fraction of sp³-hybridized carbons (Fsp3) is 0.879. The van der Waals surface area contributed by atoms with E-state index in [9.17, 15) is 9.59 Å². The van der Waals surface area contributed by atoms with Crippen molar-refractivity contribution < 1.29 is 28.5 Å². The average Bonchev–Trinajstić information content (AvgIpc) is 3.89. The van der Waals surface area contributed by atoms with Crippen LogP contribution < -0.4 is 9.47 Å². The largest absolute Gasteiger partial charge is 0.489 e. The fourth-order valence-electron chi connectivity index (χ4n) is 20.6. The molecule has 0 aromatic heterocycles. The molecule has 1 aromatic rings. The summed E-state index contributed by atoms with van der Waals surface area (Å²) in [6.45, 7) is 29.7. The molecular weight excluding hydrogens is 889 g/mol. The van der Waals surface area contributed by atoms with Crippen LogP contribution in [0.25, 0.3) is 0 Å². The third-order valence-corrected chi connectivity index (χ3v) is 24.3. The lowest BCUT2D eigenvalue weighted by Crippen LogP contribution is -2.54. The highest BCUT2D eigenvalue weighted by molar-refractivity contribution is 5.98. The van der Waals surface area contributed by atoms with Crippen molar-refractivity contribution in [2.75, 3.05) is 13.2 Å². The minimum absolute atomic E-state index is 0.0249. The van der Waals surface area contributed by atoms with Crippen molar-refractivity contribution in [2.24, 2.45) is 105 Å². The second-order valence-electron chi connectivity index (χ2n) is 28.7. The maximum Gasteiger partial charge on any atom is 0.342 e. The second kappa shape index (κ2) is 22.0. The second-order valence-corrected chi connectivity index (χ2v) is 28.7. The minimum Gasteiger partial charge on any atom is -0.489 e. The summed E-state index contributed by atoms with van der Waals surface area (Å²) in [5.41, 5.74) is 2.37. The highest BCUT2D eigenvalue weighted by atomic mass is 16.5. The molecule has 0 radical (unpaired) electrons. The van der Waals surface area contributed by atoms with Gasteiger partial charge in [0.15, 0.2) is 0 Å². The summed E-state index contributed by atoms with van der Waals surface area (Å²) >= 11 is 0. The summed E-state index contributed by atoms with van der Waals surface area (Å²) in [5.74, 6) is 11.3. The van der Waals surface area contributed by atoms with Gasteiger partial charge in [-0.05, 0) is 246 Å². The molecule has 0 aliphatic heterocycles. The molecule has 1 aromatic carbocycles. The maximum atomic E-state index is 14.0. The molecular formula is C66H106O6. The van der Waals surface area contributed by atoms with Crippen LogP contribution in [0.5, 0.6) is 11.5 Å². The zero-order chi connectivity index (χ0) is 51.3. The van der Waals surface area contributed by atoms with Gasteiger partial charge in [0, 0.05) is 0 Å².